The first-order valence-corrected chi connectivity index (χ1v) is 9.55. The third-order valence-corrected chi connectivity index (χ3v) is 6.05. The van der Waals surface area contributed by atoms with Gasteiger partial charge in [-0.3, -0.25) is 0 Å². The Morgan fingerprint density at radius 2 is 1.76 bits per heavy atom. The van der Waals surface area contributed by atoms with E-state index in [1.54, 1.807) is 0 Å². The van der Waals surface area contributed by atoms with Gasteiger partial charge < -0.3 is 15.1 Å². The van der Waals surface area contributed by atoms with Crippen LogP contribution in [0.2, 0.25) is 0 Å². The Balaban J connectivity index is 1.68. The standard InChI is InChI=1S/C21H33N3O/c1-16-7-6-8-17(20(2,3)4)18(16)22-19(25)24-13-10-21(11-14-24)9-12-23(5)15-21/h6-8H,9-15H2,1-5H3,(H,22,25). The molecule has 0 atom stereocenters. The summed E-state index contributed by atoms with van der Waals surface area (Å²) in [5.74, 6) is 0. The Bertz CT molecular complexity index is 639. The van der Waals surface area contributed by atoms with Crippen LogP contribution >= 0.6 is 0 Å². The van der Waals surface area contributed by atoms with Crippen LogP contribution < -0.4 is 5.32 Å². The second-order valence-corrected chi connectivity index (χ2v) is 9.15. The van der Waals surface area contributed by atoms with Crippen LogP contribution in [0.1, 0.15) is 51.2 Å². The molecule has 2 fully saturated rings. The molecule has 3 rings (SSSR count). The van der Waals surface area contributed by atoms with Gasteiger partial charge in [-0.25, -0.2) is 4.79 Å². The Labute approximate surface area is 152 Å². The van der Waals surface area contributed by atoms with Crippen LogP contribution in [0.15, 0.2) is 18.2 Å². The number of piperidine rings is 1. The van der Waals surface area contributed by atoms with E-state index in [2.05, 4.69) is 63.2 Å². The van der Waals surface area contributed by atoms with E-state index < -0.39 is 0 Å². The number of rotatable bonds is 1. The van der Waals surface area contributed by atoms with Crippen LogP contribution in [0.4, 0.5) is 10.5 Å². The average molecular weight is 344 g/mol. The van der Waals surface area contributed by atoms with Crippen LogP contribution in [0.5, 0.6) is 0 Å². The molecule has 4 nitrogen and oxygen atoms in total. The zero-order valence-electron chi connectivity index (χ0n) is 16.5. The number of nitrogens with zero attached hydrogens (tertiary/aromatic N) is 2. The number of urea groups is 1. The highest BCUT2D eigenvalue weighted by Crippen LogP contribution is 2.40. The van der Waals surface area contributed by atoms with Crippen molar-refractivity contribution in [1.29, 1.82) is 0 Å². The highest BCUT2D eigenvalue weighted by atomic mass is 16.2. The summed E-state index contributed by atoms with van der Waals surface area (Å²) in [6, 6.07) is 6.33. The van der Waals surface area contributed by atoms with Crippen LogP contribution in [0, 0.1) is 12.3 Å². The van der Waals surface area contributed by atoms with E-state index in [0.717, 1.165) is 37.2 Å². The second kappa shape index (κ2) is 6.64. The third-order valence-electron chi connectivity index (χ3n) is 6.05. The zero-order chi connectivity index (χ0) is 18.2. The molecule has 4 heteroatoms. The quantitative estimate of drug-likeness (QED) is 0.828. The van der Waals surface area contributed by atoms with Crippen molar-refractivity contribution in [3.05, 3.63) is 29.3 Å². The number of likely N-dealkylation sites (tertiary alicyclic amines) is 2. The molecule has 1 spiro atoms. The Kier molecular flexibility index (Phi) is 4.84. The monoisotopic (exact) mass is 343 g/mol. The molecule has 1 N–H and O–H groups in total. The molecular weight excluding hydrogens is 310 g/mol. The van der Waals surface area contributed by atoms with E-state index in [9.17, 15) is 4.79 Å². The fraction of sp³-hybridized carbons (Fsp3) is 0.667. The number of anilines is 1. The van der Waals surface area contributed by atoms with E-state index in [-0.39, 0.29) is 11.4 Å². The number of benzene rings is 1. The van der Waals surface area contributed by atoms with Crippen molar-refractivity contribution >= 4 is 11.7 Å². The highest BCUT2D eigenvalue weighted by Gasteiger charge is 2.40. The average Bonchev–Trinajstić information content (AvgIpc) is 2.89. The fourth-order valence-electron chi connectivity index (χ4n) is 4.40. The Hall–Kier alpha value is -1.55. The molecule has 0 saturated carbocycles. The van der Waals surface area contributed by atoms with Gasteiger partial charge in [0.1, 0.15) is 0 Å². The van der Waals surface area contributed by atoms with Gasteiger partial charge in [-0.15, -0.1) is 0 Å². The zero-order valence-corrected chi connectivity index (χ0v) is 16.5. The first-order valence-electron chi connectivity index (χ1n) is 9.55. The number of carbonyl (C=O) groups excluding carboxylic acids is 1. The summed E-state index contributed by atoms with van der Waals surface area (Å²) in [5, 5.41) is 3.22. The van der Waals surface area contributed by atoms with Crippen LogP contribution in [0.3, 0.4) is 0 Å². The maximum absolute atomic E-state index is 12.9. The summed E-state index contributed by atoms with van der Waals surface area (Å²) >= 11 is 0. The molecule has 0 unspecified atom stereocenters. The molecule has 138 valence electrons. The van der Waals surface area contributed by atoms with Gasteiger partial charge in [-0.05, 0) is 61.7 Å². The van der Waals surface area contributed by atoms with Crippen molar-refractivity contribution in [1.82, 2.24) is 9.80 Å². The summed E-state index contributed by atoms with van der Waals surface area (Å²) in [5.41, 5.74) is 3.78. The van der Waals surface area contributed by atoms with E-state index in [1.807, 2.05) is 4.90 Å². The molecular formula is C21H33N3O. The molecule has 2 aliphatic heterocycles. The van der Waals surface area contributed by atoms with E-state index >= 15 is 0 Å². The maximum Gasteiger partial charge on any atom is 0.321 e. The van der Waals surface area contributed by atoms with Gasteiger partial charge in [0, 0.05) is 25.3 Å². The lowest BCUT2D eigenvalue weighted by Crippen LogP contribution is -2.46. The highest BCUT2D eigenvalue weighted by molar-refractivity contribution is 5.91. The van der Waals surface area contributed by atoms with Gasteiger partial charge in [0.15, 0.2) is 0 Å². The molecule has 1 aromatic carbocycles. The number of para-hydroxylation sites is 1. The van der Waals surface area contributed by atoms with Gasteiger partial charge in [-0.2, -0.15) is 0 Å². The predicted octanol–water partition coefficient (Wildman–Crippen LogP) is 4.24. The predicted molar refractivity (Wildman–Crippen MR) is 104 cm³/mol. The number of aryl methyl sites for hydroxylation is 1. The maximum atomic E-state index is 12.9. The molecule has 0 bridgehead atoms. The lowest BCUT2D eigenvalue weighted by Gasteiger charge is -2.39. The van der Waals surface area contributed by atoms with Crippen molar-refractivity contribution in [2.45, 2.75) is 52.4 Å². The summed E-state index contributed by atoms with van der Waals surface area (Å²) in [6.07, 6.45) is 3.54. The number of nitrogens with one attached hydrogen (secondary N) is 1. The summed E-state index contributed by atoms with van der Waals surface area (Å²) in [6.45, 7) is 12.8. The molecule has 1 aromatic rings. The first kappa shape index (κ1) is 18.2. The lowest BCUT2D eigenvalue weighted by atomic mass is 9.78. The number of amides is 2. The minimum absolute atomic E-state index is 0.00895. The van der Waals surface area contributed by atoms with Gasteiger partial charge in [0.25, 0.3) is 0 Å². The van der Waals surface area contributed by atoms with Crippen molar-refractivity contribution in [3.8, 4) is 0 Å². The normalized spacial score (nSPS) is 20.9. The van der Waals surface area contributed by atoms with Crippen molar-refractivity contribution in [2.24, 2.45) is 5.41 Å². The summed E-state index contributed by atoms with van der Waals surface area (Å²) in [4.78, 5) is 17.3. The molecule has 2 saturated heterocycles. The van der Waals surface area contributed by atoms with Crippen LogP contribution in [-0.4, -0.2) is 49.1 Å². The number of hydrogen-bond acceptors (Lipinski definition) is 2. The van der Waals surface area contributed by atoms with Crippen molar-refractivity contribution in [2.75, 3.05) is 38.5 Å². The SMILES string of the molecule is Cc1cccc(C(C)(C)C)c1NC(=O)N1CCC2(CCN(C)C2)CC1. The Morgan fingerprint density at radius 1 is 1.12 bits per heavy atom. The summed E-state index contributed by atoms with van der Waals surface area (Å²) in [7, 11) is 2.21. The topological polar surface area (TPSA) is 35.6 Å². The molecule has 0 radical (unpaired) electrons. The fourth-order valence-corrected chi connectivity index (χ4v) is 4.40. The molecule has 0 aromatic heterocycles. The largest absolute Gasteiger partial charge is 0.324 e. The summed E-state index contributed by atoms with van der Waals surface area (Å²) < 4.78 is 0. The molecule has 2 amide bonds. The minimum atomic E-state index is 0.00895. The second-order valence-electron chi connectivity index (χ2n) is 9.15. The van der Waals surface area contributed by atoms with E-state index in [1.165, 1.54) is 25.1 Å². The van der Waals surface area contributed by atoms with Gasteiger partial charge in [0.05, 0.1) is 0 Å². The molecule has 2 heterocycles. The smallest absolute Gasteiger partial charge is 0.321 e. The number of carbonyl (C=O) groups is 1. The lowest BCUT2D eigenvalue weighted by molar-refractivity contribution is 0.129. The van der Waals surface area contributed by atoms with E-state index in [0.29, 0.717) is 5.41 Å². The van der Waals surface area contributed by atoms with Gasteiger partial charge in [0.2, 0.25) is 0 Å². The molecule has 25 heavy (non-hydrogen) atoms. The first-order chi connectivity index (χ1) is 11.7. The number of hydrogen-bond donors (Lipinski definition) is 1. The molecule has 2 aliphatic rings. The van der Waals surface area contributed by atoms with Crippen molar-refractivity contribution < 1.29 is 4.79 Å². The van der Waals surface area contributed by atoms with E-state index in [4.69, 9.17) is 0 Å². The molecule has 0 aliphatic carbocycles. The van der Waals surface area contributed by atoms with Crippen LogP contribution in [-0.2, 0) is 5.41 Å². The van der Waals surface area contributed by atoms with Gasteiger partial charge in [-0.1, -0.05) is 39.0 Å². The van der Waals surface area contributed by atoms with Crippen molar-refractivity contribution in [3.63, 3.8) is 0 Å². The minimum Gasteiger partial charge on any atom is -0.324 e. The van der Waals surface area contributed by atoms with Crippen LogP contribution in [0.25, 0.3) is 0 Å². The third kappa shape index (κ3) is 3.84. The Morgan fingerprint density at radius 3 is 2.32 bits per heavy atom. The van der Waals surface area contributed by atoms with Gasteiger partial charge >= 0.3 is 6.03 Å².